The zero-order valence-electron chi connectivity index (χ0n) is 12.2. The molecule has 110 valence electrons. The van der Waals surface area contributed by atoms with Gasteiger partial charge in [-0.05, 0) is 39.5 Å². The molecule has 0 amide bonds. The van der Waals surface area contributed by atoms with Crippen molar-refractivity contribution >= 4 is 0 Å². The highest BCUT2D eigenvalue weighted by Crippen LogP contribution is 2.43. The summed E-state index contributed by atoms with van der Waals surface area (Å²) in [5, 5.41) is 3.42. The van der Waals surface area contributed by atoms with Crippen LogP contribution in [0.5, 0.6) is 0 Å². The summed E-state index contributed by atoms with van der Waals surface area (Å²) >= 11 is 0. The topological polar surface area (TPSA) is 39.7 Å². The number of hydrogen-bond donors (Lipinski definition) is 1. The minimum atomic E-state index is -0.0723. The molecule has 4 heteroatoms. The molecular formula is C15H27NO3. The van der Waals surface area contributed by atoms with Gasteiger partial charge < -0.3 is 19.5 Å². The van der Waals surface area contributed by atoms with Gasteiger partial charge in [0.1, 0.15) is 0 Å². The fourth-order valence-electron chi connectivity index (χ4n) is 3.45. The summed E-state index contributed by atoms with van der Waals surface area (Å²) in [6, 6.07) is 0. The Kier molecular flexibility index (Phi) is 3.87. The van der Waals surface area contributed by atoms with Gasteiger partial charge in [-0.25, -0.2) is 0 Å². The lowest BCUT2D eigenvalue weighted by atomic mass is 9.74. The second-order valence-electron chi connectivity index (χ2n) is 6.96. The fraction of sp³-hybridized carbons (Fsp3) is 1.00. The van der Waals surface area contributed by atoms with Crippen LogP contribution < -0.4 is 5.32 Å². The SMILES string of the molecule is CC1(C)CNCC(COC2CCOC3(CCC3)C2)O1. The van der Waals surface area contributed by atoms with Gasteiger partial charge in [-0.15, -0.1) is 0 Å². The molecule has 1 N–H and O–H groups in total. The van der Waals surface area contributed by atoms with Crippen LogP contribution in [0, 0.1) is 0 Å². The maximum Gasteiger partial charge on any atom is 0.0940 e. The second kappa shape index (κ2) is 5.32. The van der Waals surface area contributed by atoms with E-state index < -0.39 is 0 Å². The molecule has 2 aliphatic heterocycles. The Morgan fingerprint density at radius 3 is 2.84 bits per heavy atom. The van der Waals surface area contributed by atoms with Crippen molar-refractivity contribution < 1.29 is 14.2 Å². The van der Waals surface area contributed by atoms with Gasteiger partial charge in [-0.1, -0.05) is 0 Å². The standard InChI is InChI=1S/C15H27NO3/c1-14(2)11-16-9-13(19-14)10-17-12-4-7-18-15(8-12)5-3-6-15/h12-13,16H,3-11H2,1-2H3. The smallest absolute Gasteiger partial charge is 0.0940 e. The van der Waals surface area contributed by atoms with Gasteiger partial charge in [0.05, 0.1) is 30.0 Å². The Balaban J connectivity index is 1.44. The number of ether oxygens (including phenoxy) is 3. The summed E-state index contributed by atoms with van der Waals surface area (Å²) in [4.78, 5) is 0. The lowest BCUT2D eigenvalue weighted by Gasteiger charge is -2.47. The van der Waals surface area contributed by atoms with Crippen molar-refractivity contribution in [2.24, 2.45) is 0 Å². The molecule has 2 saturated heterocycles. The zero-order chi connectivity index (χ0) is 13.3. The molecule has 0 bridgehead atoms. The van der Waals surface area contributed by atoms with Gasteiger partial charge in [-0.2, -0.15) is 0 Å². The van der Waals surface area contributed by atoms with Crippen LogP contribution in [0.1, 0.15) is 46.0 Å². The van der Waals surface area contributed by atoms with Crippen molar-refractivity contribution in [2.45, 2.75) is 69.4 Å². The van der Waals surface area contributed by atoms with Crippen molar-refractivity contribution in [3.63, 3.8) is 0 Å². The first-order valence-corrected chi connectivity index (χ1v) is 7.71. The van der Waals surface area contributed by atoms with Gasteiger partial charge in [0.15, 0.2) is 0 Å². The largest absolute Gasteiger partial charge is 0.375 e. The lowest BCUT2D eigenvalue weighted by Crippen LogP contribution is -2.53. The van der Waals surface area contributed by atoms with Crippen molar-refractivity contribution in [3.05, 3.63) is 0 Å². The summed E-state index contributed by atoms with van der Waals surface area (Å²) in [6.45, 7) is 7.65. The van der Waals surface area contributed by atoms with Gasteiger partial charge in [-0.3, -0.25) is 0 Å². The Morgan fingerprint density at radius 1 is 1.32 bits per heavy atom. The molecule has 1 aliphatic carbocycles. The van der Waals surface area contributed by atoms with Crippen LogP contribution in [-0.4, -0.2) is 49.7 Å². The molecular weight excluding hydrogens is 242 g/mol. The third-order valence-corrected chi connectivity index (χ3v) is 4.64. The highest BCUT2D eigenvalue weighted by molar-refractivity contribution is 4.94. The monoisotopic (exact) mass is 269 g/mol. The average molecular weight is 269 g/mol. The van der Waals surface area contributed by atoms with E-state index in [1.165, 1.54) is 19.3 Å². The Bertz CT molecular complexity index is 315. The summed E-state index contributed by atoms with van der Waals surface area (Å²) in [6.07, 6.45) is 6.42. The zero-order valence-corrected chi connectivity index (χ0v) is 12.2. The summed E-state index contributed by atoms with van der Waals surface area (Å²) in [5.74, 6) is 0. The first kappa shape index (κ1) is 13.8. The molecule has 0 aromatic heterocycles. The predicted octanol–water partition coefficient (Wildman–Crippen LogP) is 1.87. The molecule has 2 atom stereocenters. The molecule has 2 unspecified atom stereocenters. The molecule has 3 fully saturated rings. The third-order valence-electron chi connectivity index (χ3n) is 4.64. The normalized spacial score (nSPS) is 36.9. The predicted molar refractivity (Wildman–Crippen MR) is 73.3 cm³/mol. The Labute approximate surface area is 116 Å². The van der Waals surface area contributed by atoms with Crippen molar-refractivity contribution in [2.75, 3.05) is 26.3 Å². The van der Waals surface area contributed by atoms with Crippen molar-refractivity contribution in [1.29, 1.82) is 0 Å². The Morgan fingerprint density at radius 2 is 2.16 bits per heavy atom. The maximum absolute atomic E-state index is 6.10. The van der Waals surface area contributed by atoms with E-state index in [0.29, 0.717) is 12.7 Å². The van der Waals surface area contributed by atoms with E-state index >= 15 is 0 Å². The first-order chi connectivity index (χ1) is 9.07. The molecule has 1 spiro atoms. The molecule has 19 heavy (non-hydrogen) atoms. The van der Waals surface area contributed by atoms with Crippen LogP contribution in [0.3, 0.4) is 0 Å². The maximum atomic E-state index is 6.10. The number of nitrogens with one attached hydrogen (secondary N) is 1. The minimum Gasteiger partial charge on any atom is -0.375 e. The van der Waals surface area contributed by atoms with E-state index in [-0.39, 0.29) is 17.3 Å². The molecule has 1 saturated carbocycles. The number of hydrogen-bond acceptors (Lipinski definition) is 4. The van der Waals surface area contributed by atoms with Gasteiger partial charge in [0, 0.05) is 26.1 Å². The molecule has 0 radical (unpaired) electrons. The van der Waals surface area contributed by atoms with E-state index in [1.54, 1.807) is 0 Å². The highest BCUT2D eigenvalue weighted by Gasteiger charge is 2.43. The minimum absolute atomic E-state index is 0.0723. The van der Waals surface area contributed by atoms with Crippen molar-refractivity contribution in [1.82, 2.24) is 5.32 Å². The fourth-order valence-corrected chi connectivity index (χ4v) is 3.45. The molecule has 4 nitrogen and oxygen atoms in total. The van der Waals surface area contributed by atoms with E-state index in [2.05, 4.69) is 19.2 Å². The third kappa shape index (κ3) is 3.30. The molecule has 0 aromatic rings. The Hall–Kier alpha value is -0.160. The van der Waals surface area contributed by atoms with Gasteiger partial charge in [0.2, 0.25) is 0 Å². The van der Waals surface area contributed by atoms with Crippen LogP contribution in [0.2, 0.25) is 0 Å². The van der Waals surface area contributed by atoms with E-state index in [0.717, 1.165) is 32.5 Å². The van der Waals surface area contributed by atoms with Crippen molar-refractivity contribution in [3.8, 4) is 0 Å². The summed E-state index contributed by atoms with van der Waals surface area (Å²) in [5.41, 5.74) is 0.102. The number of rotatable bonds is 3. The molecule has 2 heterocycles. The molecule has 0 aromatic carbocycles. The van der Waals surface area contributed by atoms with Gasteiger partial charge >= 0.3 is 0 Å². The van der Waals surface area contributed by atoms with Gasteiger partial charge in [0.25, 0.3) is 0 Å². The molecule has 3 rings (SSSR count). The quantitative estimate of drug-likeness (QED) is 0.849. The average Bonchev–Trinajstić information content (AvgIpc) is 2.34. The van der Waals surface area contributed by atoms with E-state index in [4.69, 9.17) is 14.2 Å². The first-order valence-electron chi connectivity index (χ1n) is 7.71. The van der Waals surface area contributed by atoms with E-state index in [9.17, 15) is 0 Å². The van der Waals surface area contributed by atoms with Crippen LogP contribution in [0.25, 0.3) is 0 Å². The summed E-state index contributed by atoms with van der Waals surface area (Å²) < 4.78 is 18.1. The van der Waals surface area contributed by atoms with E-state index in [1.807, 2.05) is 0 Å². The number of morpholine rings is 1. The van der Waals surface area contributed by atoms with Crippen LogP contribution in [0.4, 0.5) is 0 Å². The lowest BCUT2D eigenvalue weighted by molar-refractivity contribution is -0.184. The summed E-state index contributed by atoms with van der Waals surface area (Å²) in [7, 11) is 0. The van der Waals surface area contributed by atoms with Crippen LogP contribution in [0.15, 0.2) is 0 Å². The highest BCUT2D eigenvalue weighted by atomic mass is 16.6. The second-order valence-corrected chi connectivity index (χ2v) is 6.96. The van der Waals surface area contributed by atoms with Crippen LogP contribution in [-0.2, 0) is 14.2 Å². The molecule has 3 aliphatic rings. The van der Waals surface area contributed by atoms with Crippen LogP contribution >= 0.6 is 0 Å².